The third-order valence-electron chi connectivity index (χ3n) is 6.26. The Morgan fingerprint density at radius 2 is 2.00 bits per heavy atom. The van der Waals surface area contributed by atoms with E-state index in [1.807, 2.05) is 11.1 Å². The minimum atomic E-state index is 0.509. The van der Waals surface area contributed by atoms with E-state index in [9.17, 15) is 0 Å². The van der Waals surface area contributed by atoms with E-state index in [-0.39, 0.29) is 0 Å². The van der Waals surface area contributed by atoms with E-state index in [4.69, 9.17) is 0 Å². The molecule has 1 aliphatic carbocycles. The Morgan fingerprint density at radius 1 is 1.24 bits per heavy atom. The lowest BCUT2D eigenvalue weighted by Crippen LogP contribution is -2.60. The second-order valence-corrected chi connectivity index (χ2v) is 7.09. The van der Waals surface area contributed by atoms with Crippen molar-refractivity contribution in [1.82, 2.24) is 0 Å². The molecule has 0 aromatic carbocycles. The SMILES string of the molecule is CCC1CC2(C)C3=C(CCCC3)CC[N+]2(C)C1. The third kappa shape index (κ3) is 1.54. The first-order chi connectivity index (χ1) is 8.09. The molecule has 0 radical (unpaired) electrons. The summed E-state index contributed by atoms with van der Waals surface area (Å²) in [5, 5.41) is 0. The summed E-state index contributed by atoms with van der Waals surface area (Å²) in [6.07, 6.45) is 9.97. The minimum Gasteiger partial charge on any atom is -0.317 e. The summed E-state index contributed by atoms with van der Waals surface area (Å²) < 4.78 is 1.35. The molecule has 3 rings (SSSR count). The predicted octanol–water partition coefficient (Wildman–Crippen LogP) is 3.90. The van der Waals surface area contributed by atoms with Crippen LogP contribution < -0.4 is 0 Å². The quantitative estimate of drug-likeness (QED) is 0.477. The Balaban J connectivity index is 2.01. The summed E-state index contributed by atoms with van der Waals surface area (Å²) in [7, 11) is 2.54. The lowest BCUT2D eigenvalue weighted by atomic mass is 9.73. The summed E-state index contributed by atoms with van der Waals surface area (Å²) >= 11 is 0. The van der Waals surface area contributed by atoms with E-state index in [2.05, 4.69) is 20.9 Å². The summed E-state index contributed by atoms with van der Waals surface area (Å²) in [5.74, 6) is 0.971. The monoisotopic (exact) mass is 234 g/mol. The number of rotatable bonds is 1. The van der Waals surface area contributed by atoms with Gasteiger partial charge in [-0.25, -0.2) is 0 Å². The van der Waals surface area contributed by atoms with Gasteiger partial charge in [0.25, 0.3) is 0 Å². The highest BCUT2D eigenvalue weighted by Crippen LogP contribution is 2.52. The molecule has 0 spiro atoms. The van der Waals surface area contributed by atoms with Crippen LogP contribution in [0, 0.1) is 5.92 Å². The molecule has 3 aliphatic rings. The van der Waals surface area contributed by atoms with Crippen molar-refractivity contribution >= 4 is 0 Å². The molecule has 0 bridgehead atoms. The van der Waals surface area contributed by atoms with Gasteiger partial charge in [0.2, 0.25) is 0 Å². The van der Waals surface area contributed by atoms with Crippen molar-refractivity contribution in [2.24, 2.45) is 5.92 Å². The fourth-order valence-corrected chi connectivity index (χ4v) is 4.95. The highest BCUT2D eigenvalue weighted by molar-refractivity contribution is 5.29. The van der Waals surface area contributed by atoms with Crippen molar-refractivity contribution in [2.45, 2.75) is 64.3 Å². The van der Waals surface area contributed by atoms with Gasteiger partial charge < -0.3 is 4.48 Å². The maximum atomic E-state index is 2.59. The fraction of sp³-hybridized carbons (Fsp3) is 0.875. The van der Waals surface area contributed by atoms with Gasteiger partial charge in [0, 0.05) is 18.8 Å². The topological polar surface area (TPSA) is 0 Å². The zero-order valence-corrected chi connectivity index (χ0v) is 11.9. The molecule has 1 fully saturated rings. The number of nitrogens with zero attached hydrogens (tertiary/aromatic N) is 1. The van der Waals surface area contributed by atoms with Crippen LogP contribution in [-0.2, 0) is 0 Å². The van der Waals surface area contributed by atoms with Gasteiger partial charge in [-0.3, -0.25) is 0 Å². The molecule has 3 atom stereocenters. The fourth-order valence-electron chi connectivity index (χ4n) is 4.95. The van der Waals surface area contributed by atoms with E-state index in [1.54, 1.807) is 0 Å². The second-order valence-electron chi connectivity index (χ2n) is 7.09. The van der Waals surface area contributed by atoms with Gasteiger partial charge in [-0.2, -0.15) is 0 Å². The molecule has 1 heteroatoms. The Bertz CT molecular complexity index is 357. The lowest BCUT2D eigenvalue weighted by Gasteiger charge is -2.51. The molecule has 1 saturated heterocycles. The van der Waals surface area contributed by atoms with E-state index in [0.29, 0.717) is 5.54 Å². The van der Waals surface area contributed by atoms with E-state index < -0.39 is 0 Å². The molecule has 0 N–H and O–H groups in total. The molecule has 3 unspecified atom stereocenters. The highest BCUT2D eigenvalue weighted by Gasteiger charge is 2.56. The van der Waals surface area contributed by atoms with Crippen molar-refractivity contribution in [1.29, 1.82) is 0 Å². The van der Waals surface area contributed by atoms with Crippen molar-refractivity contribution < 1.29 is 4.48 Å². The summed E-state index contributed by atoms with van der Waals surface area (Å²) in [4.78, 5) is 0. The van der Waals surface area contributed by atoms with E-state index in [1.165, 1.54) is 62.5 Å². The van der Waals surface area contributed by atoms with Gasteiger partial charge in [0.05, 0.1) is 20.1 Å². The van der Waals surface area contributed by atoms with Crippen molar-refractivity contribution in [3.05, 3.63) is 11.1 Å². The zero-order chi connectivity index (χ0) is 12.1. The summed E-state index contributed by atoms with van der Waals surface area (Å²) in [6, 6.07) is 0. The van der Waals surface area contributed by atoms with Crippen molar-refractivity contribution in [3.63, 3.8) is 0 Å². The van der Waals surface area contributed by atoms with Crippen LogP contribution >= 0.6 is 0 Å². The Kier molecular flexibility index (Phi) is 2.66. The largest absolute Gasteiger partial charge is 0.317 e. The maximum absolute atomic E-state index is 2.59. The number of hydrogen-bond donors (Lipinski definition) is 0. The first-order valence-electron chi connectivity index (χ1n) is 7.65. The van der Waals surface area contributed by atoms with Crippen LogP contribution in [0.5, 0.6) is 0 Å². The highest BCUT2D eigenvalue weighted by atomic mass is 15.4. The average Bonchev–Trinajstić information content (AvgIpc) is 2.62. The molecule has 96 valence electrons. The van der Waals surface area contributed by atoms with Crippen LogP contribution in [-0.4, -0.2) is 30.2 Å². The summed E-state index contributed by atoms with van der Waals surface area (Å²) in [5.41, 5.74) is 4.27. The molecule has 0 aromatic heterocycles. The smallest absolute Gasteiger partial charge is 0.118 e. The van der Waals surface area contributed by atoms with Crippen molar-refractivity contribution in [3.8, 4) is 0 Å². The van der Waals surface area contributed by atoms with Crippen molar-refractivity contribution in [2.75, 3.05) is 20.1 Å². The van der Waals surface area contributed by atoms with E-state index >= 15 is 0 Å². The predicted molar refractivity (Wildman–Crippen MR) is 72.8 cm³/mol. The van der Waals surface area contributed by atoms with Crippen LogP contribution in [0.2, 0.25) is 0 Å². The van der Waals surface area contributed by atoms with Gasteiger partial charge in [0.1, 0.15) is 5.54 Å². The van der Waals surface area contributed by atoms with Gasteiger partial charge in [-0.15, -0.1) is 0 Å². The molecule has 0 saturated carbocycles. The standard InChI is InChI=1S/C16H28N/c1-4-13-11-16(2)15-8-6-5-7-14(15)9-10-17(16,3)12-13/h13H,4-12H2,1-3H3/q+1. The van der Waals surface area contributed by atoms with Gasteiger partial charge in [-0.05, 0) is 44.6 Å². The molecule has 2 aliphatic heterocycles. The lowest BCUT2D eigenvalue weighted by molar-refractivity contribution is -0.942. The van der Waals surface area contributed by atoms with E-state index in [0.717, 1.165) is 5.92 Å². The normalized spacial score (nSPS) is 45.7. The first kappa shape index (κ1) is 11.8. The number of likely N-dealkylation sites (N-methyl/N-ethyl adjacent to an activating group) is 1. The molecule has 2 heterocycles. The zero-order valence-electron chi connectivity index (χ0n) is 11.9. The van der Waals surface area contributed by atoms with Gasteiger partial charge >= 0.3 is 0 Å². The van der Waals surface area contributed by atoms with Crippen LogP contribution in [0.3, 0.4) is 0 Å². The van der Waals surface area contributed by atoms with Gasteiger partial charge in [-0.1, -0.05) is 12.5 Å². The molecular weight excluding hydrogens is 206 g/mol. The molecule has 0 amide bonds. The number of fused-ring (bicyclic) bond motifs is 2. The van der Waals surface area contributed by atoms with Gasteiger partial charge in [0.15, 0.2) is 0 Å². The van der Waals surface area contributed by atoms with Crippen LogP contribution in [0.4, 0.5) is 0 Å². The molecule has 1 nitrogen and oxygen atoms in total. The Hall–Kier alpha value is -0.300. The van der Waals surface area contributed by atoms with Crippen LogP contribution in [0.25, 0.3) is 0 Å². The molecular formula is C16H28N+. The maximum Gasteiger partial charge on any atom is 0.118 e. The third-order valence-corrected chi connectivity index (χ3v) is 6.26. The Morgan fingerprint density at radius 3 is 2.76 bits per heavy atom. The summed E-state index contributed by atoms with van der Waals surface area (Å²) in [6.45, 7) is 7.81. The minimum absolute atomic E-state index is 0.509. The first-order valence-corrected chi connectivity index (χ1v) is 7.65. The Labute approximate surface area is 106 Å². The average molecular weight is 234 g/mol. The second kappa shape index (κ2) is 3.85. The molecule has 17 heavy (non-hydrogen) atoms. The number of hydrogen-bond acceptors (Lipinski definition) is 0. The van der Waals surface area contributed by atoms with Crippen LogP contribution in [0.15, 0.2) is 11.1 Å². The van der Waals surface area contributed by atoms with Crippen LogP contribution in [0.1, 0.15) is 58.8 Å². The molecule has 0 aromatic rings. The number of quaternary nitrogens is 1.